The Morgan fingerprint density at radius 3 is 2.75 bits per heavy atom. The summed E-state index contributed by atoms with van der Waals surface area (Å²) in [6, 6.07) is 4.69. The molecule has 0 saturated carbocycles. The summed E-state index contributed by atoms with van der Waals surface area (Å²) in [5.41, 5.74) is 8.13. The zero-order valence-corrected chi connectivity index (χ0v) is 16.5. The number of nitrogens with zero attached hydrogens (tertiary/aromatic N) is 1. The van der Waals surface area contributed by atoms with Gasteiger partial charge in [-0.15, -0.1) is 0 Å². The van der Waals surface area contributed by atoms with E-state index in [0.717, 1.165) is 16.5 Å². The number of carbonyl (C=O) groups is 2. The van der Waals surface area contributed by atoms with Crippen LogP contribution in [-0.4, -0.2) is 30.0 Å². The minimum atomic E-state index is -0.527. The van der Waals surface area contributed by atoms with Crippen molar-refractivity contribution in [2.45, 2.75) is 46.1 Å². The zero-order valence-electron chi connectivity index (χ0n) is 16.5. The summed E-state index contributed by atoms with van der Waals surface area (Å²) in [6.07, 6.45) is 1.36. The second-order valence-corrected chi connectivity index (χ2v) is 7.68. The molecule has 0 bridgehead atoms. The van der Waals surface area contributed by atoms with Crippen molar-refractivity contribution in [3.63, 3.8) is 0 Å². The molecule has 0 spiro atoms. The van der Waals surface area contributed by atoms with Gasteiger partial charge in [-0.25, -0.2) is 9.59 Å². The first-order valence-electron chi connectivity index (χ1n) is 9.54. The van der Waals surface area contributed by atoms with Crippen LogP contribution in [0.3, 0.4) is 0 Å². The molecule has 2 amide bonds. The van der Waals surface area contributed by atoms with Crippen LogP contribution in [0, 0.1) is 12.8 Å². The molecule has 7 heteroatoms. The van der Waals surface area contributed by atoms with Crippen molar-refractivity contribution >= 4 is 23.0 Å². The number of hydrogen-bond donors (Lipinski definition) is 1. The van der Waals surface area contributed by atoms with Crippen molar-refractivity contribution < 1.29 is 18.7 Å². The van der Waals surface area contributed by atoms with E-state index in [1.165, 1.54) is 11.0 Å². The molecule has 1 aromatic heterocycles. The third-order valence-electron chi connectivity index (χ3n) is 5.28. The molecule has 0 aliphatic carbocycles. The first kappa shape index (κ1) is 19.9. The van der Waals surface area contributed by atoms with Gasteiger partial charge in [-0.2, -0.15) is 0 Å². The number of amides is 2. The number of rotatable bonds is 4. The molecule has 0 radical (unpaired) electrons. The van der Waals surface area contributed by atoms with Gasteiger partial charge in [-0.1, -0.05) is 13.8 Å². The van der Waals surface area contributed by atoms with Gasteiger partial charge in [0.2, 0.25) is 0 Å². The van der Waals surface area contributed by atoms with E-state index in [0.29, 0.717) is 36.5 Å². The molecule has 150 valence electrons. The van der Waals surface area contributed by atoms with E-state index in [4.69, 9.17) is 14.9 Å². The third-order valence-corrected chi connectivity index (χ3v) is 5.28. The van der Waals surface area contributed by atoms with E-state index in [2.05, 4.69) is 13.8 Å². The number of ether oxygens (including phenoxy) is 1. The standard InChI is InChI=1S/C21H26N2O5/c1-12(2)16-9-17-15(8-19(24)28-18(17)7-13(16)3)11-27-20(25)14-5-4-6-23(10-14)21(22)26/h7-9,12,14H,4-6,10-11H2,1-3H3,(H2,22,26)/t14-/m1/s1. The smallest absolute Gasteiger partial charge is 0.336 e. The van der Waals surface area contributed by atoms with E-state index in [1.807, 2.05) is 19.1 Å². The normalized spacial score (nSPS) is 17.1. The lowest BCUT2D eigenvalue weighted by Gasteiger charge is -2.30. The lowest BCUT2D eigenvalue weighted by Crippen LogP contribution is -2.45. The highest BCUT2D eigenvalue weighted by atomic mass is 16.5. The highest BCUT2D eigenvalue weighted by Gasteiger charge is 2.28. The van der Waals surface area contributed by atoms with E-state index in [1.54, 1.807) is 0 Å². The molecular weight excluding hydrogens is 360 g/mol. The largest absolute Gasteiger partial charge is 0.461 e. The van der Waals surface area contributed by atoms with Crippen LogP contribution < -0.4 is 11.4 Å². The second-order valence-electron chi connectivity index (χ2n) is 7.68. The Bertz CT molecular complexity index is 963. The SMILES string of the molecule is Cc1cc2oc(=O)cc(COC(=O)[C@@H]3CCCN(C(N)=O)C3)c2cc1C(C)C. The van der Waals surface area contributed by atoms with Gasteiger partial charge < -0.3 is 19.8 Å². The van der Waals surface area contributed by atoms with Crippen LogP contribution in [0.5, 0.6) is 0 Å². The number of piperidine rings is 1. The first-order valence-corrected chi connectivity index (χ1v) is 9.54. The highest BCUT2D eigenvalue weighted by Crippen LogP contribution is 2.27. The number of fused-ring (bicyclic) bond motifs is 1. The van der Waals surface area contributed by atoms with Crippen LogP contribution in [0.1, 0.15) is 49.3 Å². The van der Waals surface area contributed by atoms with Gasteiger partial charge in [0.05, 0.1) is 5.92 Å². The average Bonchev–Trinajstić information content (AvgIpc) is 2.64. The maximum absolute atomic E-state index is 12.5. The minimum Gasteiger partial charge on any atom is -0.461 e. The topological polar surface area (TPSA) is 103 Å². The predicted octanol–water partition coefficient (Wildman–Crippen LogP) is 3.06. The lowest BCUT2D eigenvalue weighted by atomic mass is 9.95. The third kappa shape index (κ3) is 4.18. The molecule has 2 heterocycles. The molecule has 3 rings (SSSR count). The summed E-state index contributed by atoms with van der Waals surface area (Å²) < 4.78 is 10.8. The summed E-state index contributed by atoms with van der Waals surface area (Å²) in [5.74, 6) is -0.474. The van der Waals surface area contributed by atoms with E-state index in [-0.39, 0.29) is 19.1 Å². The fraction of sp³-hybridized carbons (Fsp3) is 0.476. The molecular formula is C21H26N2O5. The molecule has 1 aromatic carbocycles. The van der Waals surface area contributed by atoms with Crippen molar-refractivity contribution in [3.05, 3.63) is 45.3 Å². The summed E-state index contributed by atoms with van der Waals surface area (Å²) in [5, 5.41) is 0.768. The molecule has 0 unspecified atom stereocenters. The summed E-state index contributed by atoms with van der Waals surface area (Å²) in [4.78, 5) is 37.2. The van der Waals surface area contributed by atoms with Crippen molar-refractivity contribution in [1.29, 1.82) is 0 Å². The number of benzene rings is 1. The van der Waals surface area contributed by atoms with Gasteiger partial charge in [0.15, 0.2) is 0 Å². The van der Waals surface area contributed by atoms with Crippen molar-refractivity contribution in [2.24, 2.45) is 11.7 Å². The van der Waals surface area contributed by atoms with Gasteiger partial charge in [0, 0.05) is 30.1 Å². The Hall–Kier alpha value is -2.83. The maximum Gasteiger partial charge on any atom is 0.336 e. The highest BCUT2D eigenvalue weighted by molar-refractivity contribution is 5.82. The maximum atomic E-state index is 12.5. The van der Waals surface area contributed by atoms with Crippen LogP contribution in [0.15, 0.2) is 27.4 Å². The first-order chi connectivity index (χ1) is 13.3. The van der Waals surface area contributed by atoms with Crippen LogP contribution >= 0.6 is 0 Å². The molecule has 1 aliphatic heterocycles. The molecule has 7 nitrogen and oxygen atoms in total. The van der Waals surface area contributed by atoms with Crippen LogP contribution in [-0.2, 0) is 16.1 Å². The van der Waals surface area contributed by atoms with Gasteiger partial charge >= 0.3 is 17.6 Å². The van der Waals surface area contributed by atoms with Gasteiger partial charge in [0.1, 0.15) is 12.2 Å². The Kier molecular flexibility index (Phi) is 5.72. The monoisotopic (exact) mass is 386 g/mol. The number of carbonyl (C=O) groups excluding carboxylic acids is 2. The number of hydrogen-bond acceptors (Lipinski definition) is 5. The Morgan fingerprint density at radius 2 is 2.07 bits per heavy atom. The quantitative estimate of drug-likeness (QED) is 0.642. The zero-order chi connectivity index (χ0) is 20.4. The van der Waals surface area contributed by atoms with Crippen LogP contribution in [0.25, 0.3) is 11.0 Å². The van der Waals surface area contributed by atoms with E-state index in [9.17, 15) is 14.4 Å². The molecule has 1 saturated heterocycles. The molecule has 2 aromatic rings. The number of primary amides is 1. The molecule has 28 heavy (non-hydrogen) atoms. The summed E-state index contributed by atoms with van der Waals surface area (Å²) in [7, 11) is 0. The van der Waals surface area contributed by atoms with Gasteiger partial charge in [-0.05, 0) is 48.9 Å². The van der Waals surface area contributed by atoms with Crippen molar-refractivity contribution in [3.8, 4) is 0 Å². The van der Waals surface area contributed by atoms with Crippen molar-refractivity contribution in [2.75, 3.05) is 13.1 Å². The van der Waals surface area contributed by atoms with Crippen molar-refractivity contribution in [1.82, 2.24) is 4.90 Å². The number of urea groups is 1. The molecule has 1 atom stereocenters. The van der Waals surface area contributed by atoms with Gasteiger partial charge in [0.25, 0.3) is 0 Å². The second kappa shape index (κ2) is 8.04. The summed E-state index contributed by atoms with van der Waals surface area (Å²) >= 11 is 0. The van der Waals surface area contributed by atoms with Crippen LogP contribution in [0.4, 0.5) is 4.79 Å². The number of esters is 1. The number of nitrogens with two attached hydrogens (primary N) is 1. The molecule has 1 aliphatic rings. The number of aryl methyl sites for hydroxylation is 1. The molecule has 2 N–H and O–H groups in total. The Morgan fingerprint density at radius 1 is 1.32 bits per heavy atom. The Labute approximate surface area is 163 Å². The fourth-order valence-corrected chi connectivity index (χ4v) is 3.77. The Balaban J connectivity index is 1.82. The van der Waals surface area contributed by atoms with Gasteiger partial charge in [-0.3, -0.25) is 4.79 Å². The minimum absolute atomic E-state index is 0.0192. The predicted molar refractivity (Wildman–Crippen MR) is 105 cm³/mol. The number of likely N-dealkylation sites (tertiary alicyclic amines) is 1. The fourth-order valence-electron chi connectivity index (χ4n) is 3.77. The van der Waals surface area contributed by atoms with Crippen LogP contribution in [0.2, 0.25) is 0 Å². The average molecular weight is 386 g/mol. The molecule has 1 fully saturated rings. The summed E-state index contributed by atoms with van der Waals surface area (Å²) in [6.45, 7) is 6.98. The van der Waals surface area contributed by atoms with E-state index >= 15 is 0 Å². The lowest BCUT2D eigenvalue weighted by molar-refractivity contribution is -0.151. The van der Waals surface area contributed by atoms with E-state index < -0.39 is 17.6 Å².